The normalized spacial score (nSPS) is 17.7. The lowest BCUT2D eigenvalue weighted by Gasteiger charge is -2.22. The number of pyridine rings is 2. The Morgan fingerprint density at radius 3 is 2.66 bits per heavy atom. The van der Waals surface area contributed by atoms with Gasteiger partial charge in [-0.3, -0.25) is 14.6 Å². The number of amides is 1. The summed E-state index contributed by atoms with van der Waals surface area (Å²) in [6, 6.07) is 10.5. The van der Waals surface area contributed by atoms with Crippen molar-refractivity contribution in [3.8, 4) is 28.2 Å². The highest BCUT2D eigenvalue weighted by molar-refractivity contribution is 6.31. The zero-order valence-corrected chi connectivity index (χ0v) is 25.7. The van der Waals surface area contributed by atoms with Crippen molar-refractivity contribution in [2.75, 3.05) is 5.32 Å². The first kappa shape index (κ1) is 29.7. The predicted molar refractivity (Wildman–Crippen MR) is 167 cm³/mol. The monoisotopic (exact) mass is 634 g/mol. The van der Waals surface area contributed by atoms with Crippen LogP contribution in [0.5, 0.6) is 0 Å². The first-order valence-corrected chi connectivity index (χ1v) is 14.9. The second kappa shape index (κ2) is 12.0. The van der Waals surface area contributed by atoms with Crippen molar-refractivity contribution in [2.45, 2.75) is 45.3 Å². The van der Waals surface area contributed by atoms with Gasteiger partial charge < -0.3 is 9.88 Å². The molecule has 0 spiro atoms. The number of rotatable bonds is 4. The van der Waals surface area contributed by atoms with Gasteiger partial charge in [-0.15, -0.1) is 5.10 Å². The van der Waals surface area contributed by atoms with Crippen LogP contribution in [0, 0.1) is 5.92 Å². The Balaban J connectivity index is 1.48. The lowest BCUT2D eigenvalue weighted by atomic mass is 9.87. The third-order valence-corrected chi connectivity index (χ3v) is 8.37. The molecule has 5 aromatic rings. The molecule has 44 heavy (non-hydrogen) atoms. The van der Waals surface area contributed by atoms with Gasteiger partial charge in [0, 0.05) is 64.8 Å². The van der Waals surface area contributed by atoms with Crippen LogP contribution in [-0.4, -0.2) is 40.2 Å². The van der Waals surface area contributed by atoms with Gasteiger partial charge in [0.15, 0.2) is 16.9 Å². The summed E-state index contributed by atoms with van der Waals surface area (Å²) in [5.41, 5.74) is 4.47. The molecule has 1 unspecified atom stereocenters. The smallest absolute Gasteiger partial charge is 0.227 e. The molecule has 226 valence electrons. The number of nitrogens with zero attached hydrogens (tertiary/aromatic N) is 7. The molecule has 1 N–H and O–H groups in total. The van der Waals surface area contributed by atoms with E-state index < -0.39 is 6.30 Å². The van der Waals surface area contributed by atoms with Crippen LogP contribution in [0.4, 0.5) is 10.1 Å². The predicted octanol–water partition coefficient (Wildman–Crippen LogP) is 6.58. The van der Waals surface area contributed by atoms with E-state index in [0.717, 1.165) is 0 Å². The highest BCUT2D eigenvalue weighted by Gasteiger charge is 2.26. The van der Waals surface area contributed by atoms with Crippen molar-refractivity contribution in [3.63, 3.8) is 0 Å². The highest BCUT2D eigenvalue weighted by Crippen LogP contribution is 2.36. The molecule has 1 aromatic carbocycles. The molecule has 0 fully saturated rings. The van der Waals surface area contributed by atoms with Gasteiger partial charge in [-0.25, -0.2) is 13.8 Å². The van der Waals surface area contributed by atoms with E-state index >= 15 is 0 Å². The summed E-state index contributed by atoms with van der Waals surface area (Å²) in [4.78, 5) is 31.6. The third kappa shape index (κ3) is 5.65. The molecule has 6 rings (SSSR count). The molecule has 1 aliphatic heterocycles. The lowest BCUT2D eigenvalue weighted by molar-refractivity contribution is -0.119. The second-order valence-electron chi connectivity index (χ2n) is 11.0. The fourth-order valence-electron chi connectivity index (χ4n) is 5.73. The number of halogens is 3. The topological polar surface area (TPSA) is 113 Å². The number of anilines is 1. The molecule has 13 heteroatoms. The Bertz CT molecular complexity index is 1930. The van der Waals surface area contributed by atoms with Gasteiger partial charge in [-0.2, -0.15) is 5.10 Å². The van der Waals surface area contributed by atoms with Crippen LogP contribution in [0.3, 0.4) is 0 Å². The number of aromatic nitrogens is 7. The molecule has 3 atom stereocenters. The van der Waals surface area contributed by atoms with Crippen LogP contribution in [0.1, 0.15) is 56.6 Å². The molecule has 1 aliphatic rings. The molecule has 0 saturated heterocycles. The van der Waals surface area contributed by atoms with Gasteiger partial charge in [0.25, 0.3) is 0 Å². The van der Waals surface area contributed by atoms with E-state index in [1.54, 1.807) is 42.7 Å². The molecule has 2 bridgehead atoms. The standard InChI is InChI=1S/C31H29Cl2FN8O2/c1-17-5-4-6-21(24-11-19(9-10-35-24)30-25(37-31(17)44)14-36-42(30)18(2)34)23-15-40(3)27(13-28(23)43)22-12-20(32)7-8-26(22)41-16-29(33)38-39-41/h7-18,21H,4-6H2,1-3H3,(H,37,44)/t17-,18?,21+/m1/s1. The zero-order valence-electron chi connectivity index (χ0n) is 24.2. The average molecular weight is 636 g/mol. The number of benzene rings is 1. The molecular formula is C31H29Cl2FN8O2. The second-order valence-corrected chi connectivity index (χ2v) is 11.8. The fourth-order valence-corrected chi connectivity index (χ4v) is 6.03. The van der Waals surface area contributed by atoms with Crippen LogP contribution in [0.15, 0.2) is 66.0 Å². The largest absolute Gasteiger partial charge is 0.350 e. The molecule has 0 aliphatic carbocycles. The average Bonchev–Trinajstić information content (AvgIpc) is 3.62. The Morgan fingerprint density at radius 2 is 1.91 bits per heavy atom. The first-order chi connectivity index (χ1) is 21.1. The number of fused-ring (bicyclic) bond motifs is 4. The SMILES string of the molecule is CC(F)n1ncc2c1-c1ccnc(c1)[C@H](c1cn(C)c(-c3cc(Cl)ccc3-n3cc(Cl)nn3)cc1=O)CCC[C@@H](C)C(=O)N2. The van der Waals surface area contributed by atoms with E-state index in [2.05, 4.69) is 25.7 Å². The minimum atomic E-state index is -1.43. The summed E-state index contributed by atoms with van der Waals surface area (Å²) < 4.78 is 19.3. The minimum absolute atomic E-state index is 0.171. The van der Waals surface area contributed by atoms with Gasteiger partial charge in [0.1, 0.15) is 0 Å². The lowest BCUT2D eigenvalue weighted by Crippen LogP contribution is -2.22. The number of alkyl halides is 1. The summed E-state index contributed by atoms with van der Waals surface area (Å²) in [7, 11) is 1.86. The van der Waals surface area contributed by atoms with Crippen LogP contribution in [0.2, 0.25) is 10.2 Å². The van der Waals surface area contributed by atoms with Crippen molar-refractivity contribution >= 4 is 34.8 Å². The van der Waals surface area contributed by atoms with Gasteiger partial charge >= 0.3 is 0 Å². The van der Waals surface area contributed by atoms with Crippen molar-refractivity contribution < 1.29 is 9.18 Å². The van der Waals surface area contributed by atoms with Crippen molar-refractivity contribution in [2.24, 2.45) is 13.0 Å². The molecular weight excluding hydrogens is 606 g/mol. The third-order valence-electron chi connectivity index (χ3n) is 7.97. The van der Waals surface area contributed by atoms with E-state index in [4.69, 9.17) is 23.2 Å². The fraction of sp³-hybridized carbons (Fsp3) is 0.290. The minimum Gasteiger partial charge on any atom is -0.350 e. The highest BCUT2D eigenvalue weighted by atomic mass is 35.5. The van der Waals surface area contributed by atoms with Gasteiger partial charge in [-0.05, 0) is 50.1 Å². The summed E-state index contributed by atoms with van der Waals surface area (Å²) in [5, 5.41) is 15.8. The van der Waals surface area contributed by atoms with Gasteiger partial charge in [0.2, 0.25) is 5.91 Å². The van der Waals surface area contributed by atoms with E-state index in [-0.39, 0.29) is 28.3 Å². The summed E-state index contributed by atoms with van der Waals surface area (Å²) in [6.07, 6.45) is 6.91. The summed E-state index contributed by atoms with van der Waals surface area (Å²) >= 11 is 12.4. The maximum absolute atomic E-state index is 14.6. The maximum atomic E-state index is 14.6. The zero-order chi connectivity index (χ0) is 31.1. The van der Waals surface area contributed by atoms with Crippen molar-refractivity contribution in [3.05, 3.63) is 92.8 Å². The Hall–Kier alpha value is -4.35. The van der Waals surface area contributed by atoms with E-state index in [1.165, 1.54) is 22.5 Å². The van der Waals surface area contributed by atoms with Gasteiger partial charge in [0.05, 0.1) is 35.2 Å². The van der Waals surface area contributed by atoms with E-state index in [1.807, 2.05) is 30.8 Å². The first-order valence-electron chi connectivity index (χ1n) is 14.2. The molecule has 1 amide bonds. The van der Waals surface area contributed by atoms with Crippen LogP contribution in [0.25, 0.3) is 28.2 Å². The summed E-state index contributed by atoms with van der Waals surface area (Å²) in [5.74, 6) is -0.861. The Kier molecular flexibility index (Phi) is 8.08. The number of hydrogen-bond acceptors (Lipinski definition) is 6. The quantitative estimate of drug-likeness (QED) is 0.239. The molecule has 0 saturated carbocycles. The number of aryl methyl sites for hydroxylation is 1. The Labute approximate surface area is 262 Å². The maximum Gasteiger partial charge on any atom is 0.227 e. The molecule has 5 heterocycles. The van der Waals surface area contributed by atoms with Crippen molar-refractivity contribution in [1.82, 2.24) is 34.3 Å². The Morgan fingerprint density at radius 1 is 1.09 bits per heavy atom. The number of carbonyl (C=O) groups is 1. The number of carbonyl (C=O) groups excluding carboxylic acids is 1. The molecule has 4 aromatic heterocycles. The van der Waals surface area contributed by atoms with Crippen molar-refractivity contribution in [1.29, 1.82) is 0 Å². The molecule has 0 radical (unpaired) electrons. The molecule has 10 nitrogen and oxygen atoms in total. The van der Waals surface area contributed by atoms with Crippen LogP contribution >= 0.6 is 23.2 Å². The van der Waals surface area contributed by atoms with Crippen LogP contribution in [-0.2, 0) is 11.8 Å². The van der Waals surface area contributed by atoms with E-state index in [0.29, 0.717) is 69.4 Å². The number of nitrogens with one attached hydrogen (secondary N) is 1. The van der Waals surface area contributed by atoms with Gasteiger partial charge in [-0.1, -0.05) is 41.8 Å². The van der Waals surface area contributed by atoms with E-state index in [9.17, 15) is 14.0 Å². The van der Waals surface area contributed by atoms with Crippen LogP contribution < -0.4 is 10.7 Å². The number of hydrogen-bond donors (Lipinski definition) is 1. The summed E-state index contributed by atoms with van der Waals surface area (Å²) in [6.45, 7) is 3.24.